The van der Waals surface area contributed by atoms with E-state index in [9.17, 15) is 0 Å². The highest BCUT2D eigenvalue weighted by Crippen LogP contribution is 2.29. The molecule has 0 spiro atoms. The lowest BCUT2D eigenvalue weighted by Gasteiger charge is -2.12. The van der Waals surface area contributed by atoms with Crippen LogP contribution in [-0.4, -0.2) is 0 Å². The van der Waals surface area contributed by atoms with Crippen molar-refractivity contribution in [3.63, 3.8) is 0 Å². The largest absolute Gasteiger partial charge is 0.467 e. The number of thiophene rings is 1. The van der Waals surface area contributed by atoms with E-state index < -0.39 is 0 Å². The van der Waals surface area contributed by atoms with Crippen molar-refractivity contribution in [3.05, 3.63) is 45.5 Å². The molecule has 0 aliphatic heterocycles. The summed E-state index contributed by atoms with van der Waals surface area (Å²) in [5.41, 5.74) is 3.91. The summed E-state index contributed by atoms with van der Waals surface area (Å²) in [7, 11) is 0. The van der Waals surface area contributed by atoms with Gasteiger partial charge >= 0.3 is 0 Å². The summed E-state index contributed by atoms with van der Waals surface area (Å²) < 4.78 is 5.45. The molecule has 0 saturated heterocycles. The van der Waals surface area contributed by atoms with Crippen LogP contribution in [0, 0.1) is 13.8 Å². The lowest BCUT2D eigenvalue weighted by Crippen LogP contribution is -2.28. The second-order valence-corrected chi connectivity index (χ2v) is 4.84. The van der Waals surface area contributed by atoms with Gasteiger partial charge in [0.05, 0.1) is 6.26 Å². The Labute approximate surface area is 92.9 Å². The minimum absolute atomic E-state index is 0.0429. The third-order valence-electron chi connectivity index (χ3n) is 2.38. The first kappa shape index (κ1) is 10.4. The number of rotatable bonds is 3. The minimum Gasteiger partial charge on any atom is -0.467 e. The predicted octanol–water partition coefficient (Wildman–Crippen LogP) is 2.51. The maximum atomic E-state index is 5.57. The molecule has 0 amide bonds. The average molecular weight is 222 g/mol. The van der Waals surface area contributed by atoms with Crippen molar-refractivity contribution >= 4 is 11.3 Å². The van der Waals surface area contributed by atoms with E-state index in [1.165, 1.54) is 9.75 Å². The number of aryl methyl sites for hydroxylation is 2. The van der Waals surface area contributed by atoms with Crippen molar-refractivity contribution in [1.82, 2.24) is 5.43 Å². The molecule has 0 radical (unpaired) electrons. The average Bonchev–Trinajstić information content (AvgIpc) is 2.79. The van der Waals surface area contributed by atoms with Crippen molar-refractivity contribution in [2.24, 2.45) is 5.84 Å². The first-order chi connectivity index (χ1) is 7.22. The number of furan rings is 1. The molecule has 2 rings (SSSR count). The zero-order valence-electron chi connectivity index (χ0n) is 8.78. The van der Waals surface area contributed by atoms with Gasteiger partial charge in [-0.1, -0.05) is 0 Å². The van der Waals surface area contributed by atoms with E-state index in [0.717, 1.165) is 11.3 Å². The summed E-state index contributed by atoms with van der Waals surface area (Å²) in [5, 5.41) is 0. The van der Waals surface area contributed by atoms with Gasteiger partial charge in [-0.25, -0.2) is 5.43 Å². The smallest absolute Gasteiger partial charge is 0.130 e. The summed E-state index contributed by atoms with van der Waals surface area (Å²) in [4.78, 5) is 2.45. The molecule has 0 aromatic carbocycles. The van der Waals surface area contributed by atoms with Crippen LogP contribution >= 0.6 is 11.3 Å². The Morgan fingerprint density at radius 3 is 2.60 bits per heavy atom. The molecular formula is C11H14N2OS. The van der Waals surface area contributed by atoms with Crippen LogP contribution < -0.4 is 11.3 Å². The molecule has 2 aromatic heterocycles. The van der Waals surface area contributed by atoms with Crippen LogP contribution in [0.2, 0.25) is 0 Å². The van der Waals surface area contributed by atoms with Crippen LogP contribution in [0.15, 0.2) is 28.9 Å². The van der Waals surface area contributed by atoms with Gasteiger partial charge < -0.3 is 4.42 Å². The van der Waals surface area contributed by atoms with Crippen LogP contribution in [0.5, 0.6) is 0 Å². The first-order valence-electron chi connectivity index (χ1n) is 4.79. The molecule has 3 N–H and O–H groups in total. The van der Waals surface area contributed by atoms with Crippen LogP contribution in [0.25, 0.3) is 0 Å². The highest BCUT2D eigenvalue weighted by molar-refractivity contribution is 7.12. The van der Waals surface area contributed by atoms with Crippen molar-refractivity contribution in [1.29, 1.82) is 0 Å². The van der Waals surface area contributed by atoms with Crippen molar-refractivity contribution in [2.45, 2.75) is 19.9 Å². The van der Waals surface area contributed by atoms with E-state index in [2.05, 4.69) is 24.5 Å². The lowest BCUT2D eigenvalue weighted by molar-refractivity contribution is 0.452. The highest BCUT2D eigenvalue weighted by Gasteiger charge is 2.19. The van der Waals surface area contributed by atoms with Gasteiger partial charge in [0.1, 0.15) is 11.8 Å². The molecular weight excluding hydrogens is 208 g/mol. The maximum absolute atomic E-state index is 5.57. The van der Waals surface area contributed by atoms with E-state index >= 15 is 0 Å². The Morgan fingerprint density at radius 1 is 1.33 bits per heavy atom. The van der Waals surface area contributed by atoms with Crippen molar-refractivity contribution < 1.29 is 4.42 Å². The monoisotopic (exact) mass is 222 g/mol. The van der Waals surface area contributed by atoms with Gasteiger partial charge in [-0.05, 0) is 37.6 Å². The molecule has 1 atom stereocenters. The molecule has 0 bridgehead atoms. The minimum atomic E-state index is -0.0429. The summed E-state index contributed by atoms with van der Waals surface area (Å²) in [6.45, 7) is 4.10. The normalized spacial score (nSPS) is 13.0. The molecule has 3 nitrogen and oxygen atoms in total. The van der Waals surface area contributed by atoms with Gasteiger partial charge in [-0.2, -0.15) is 0 Å². The predicted molar refractivity (Wildman–Crippen MR) is 61.7 cm³/mol. The number of hydrogen-bond donors (Lipinski definition) is 2. The quantitative estimate of drug-likeness (QED) is 0.619. The number of hydrazine groups is 1. The zero-order chi connectivity index (χ0) is 10.8. The Balaban J connectivity index is 2.36. The SMILES string of the molecule is Cc1ccc(C(NN)c2occc2C)s1. The molecule has 2 aromatic rings. The van der Waals surface area contributed by atoms with Gasteiger partial charge in [0, 0.05) is 9.75 Å². The van der Waals surface area contributed by atoms with Gasteiger partial charge in [0.15, 0.2) is 0 Å². The zero-order valence-corrected chi connectivity index (χ0v) is 9.60. The van der Waals surface area contributed by atoms with Gasteiger partial charge in [-0.3, -0.25) is 5.84 Å². The van der Waals surface area contributed by atoms with E-state index in [1.54, 1.807) is 17.6 Å². The molecule has 0 fully saturated rings. The summed E-state index contributed by atoms with van der Waals surface area (Å²) >= 11 is 1.72. The maximum Gasteiger partial charge on any atom is 0.130 e. The molecule has 0 saturated carbocycles. The van der Waals surface area contributed by atoms with Gasteiger partial charge in [0.2, 0.25) is 0 Å². The molecule has 0 aliphatic carbocycles. The highest BCUT2D eigenvalue weighted by atomic mass is 32.1. The van der Waals surface area contributed by atoms with E-state index in [-0.39, 0.29) is 6.04 Å². The van der Waals surface area contributed by atoms with Crippen LogP contribution in [0.1, 0.15) is 27.1 Å². The summed E-state index contributed by atoms with van der Waals surface area (Å²) in [5.74, 6) is 6.46. The Kier molecular flexibility index (Phi) is 2.90. The number of nitrogens with one attached hydrogen (secondary N) is 1. The molecule has 1 unspecified atom stereocenters. The van der Waals surface area contributed by atoms with Gasteiger partial charge in [-0.15, -0.1) is 11.3 Å². The van der Waals surface area contributed by atoms with Crippen molar-refractivity contribution in [3.8, 4) is 0 Å². The van der Waals surface area contributed by atoms with Crippen LogP contribution in [-0.2, 0) is 0 Å². The molecule has 15 heavy (non-hydrogen) atoms. The first-order valence-corrected chi connectivity index (χ1v) is 5.60. The summed E-state index contributed by atoms with van der Waals surface area (Å²) in [6, 6.07) is 6.06. The summed E-state index contributed by atoms with van der Waals surface area (Å²) in [6.07, 6.45) is 1.69. The second kappa shape index (κ2) is 4.18. The Hall–Kier alpha value is -1.10. The fourth-order valence-electron chi connectivity index (χ4n) is 1.58. The molecule has 4 heteroatoms. The van der Waals surface area contributed by atoms with Crippen LogP contribution in [0.3, 0.4) is 0 Å². The van der Waals surface area contributed by atoms with Gasteiger partial charge in [0.25, 0.3) is 0 Å². The fourth-order valence-corrected chi connectivity index (χ4v) is 2.51. The lowest BCUT2D eigenvalue weighted by atomic mass is 10.1. The van der Waals surface area contributed by atoms with Crippen molar-refractivity contribution in [2.75, 3.05) is 0 Å². The Bertz CT molecular complexity index is 447. The molecule has 0 aliphatic rings. The van der Waals surface area contributed by atoms with Crippen LogP contribution in [0.4, 0.5) is 0 Å². The number of hydrogen-bond acceptors (Lipinski definition) is 4. The van der Waals surface area contributed by atoms with E-state index in [1.807, 2.05) is 13.0 Å². The third kappa shape index (κ3) is 1.97. The standard InChI is InChI=1S/C11H14N2OS/c1-7-5-6-14-11(7)10(13-12)9-4-3-8(2)15-9/h3-6,10,13H,12H2,1-2H3. The molecule has 80 valence electrons. The van der Waals surface area contributed by atoms with E-state index in [0.29, 0.717) is 0 Å². The van der Waals surface area contributed by atoms with E-state index in [4.69, 9.17) is 10.3 Å². The second-order valence-electron chi connectivity index (χ2n) is 3.52. The topological polar surface area (TPSA) is 51.2 Å². The fraction of sp³-hybridized carbons (Fsp3) is 0.273. The Morgan fingerprint density at radius 2 is 2.13 bits per heavy atom. The number of nitrogens with two attached hydrogens (primary N) is 1. The third-order valence-corrected chi connectivity index (χ3v) is 3.44. The molecule has 2 heterocycles.